The number of allylic oxidation sites excluding steroid dienone is 5. The van der Waals surface area contributed by atoms with Gasteiger partial charge in [-0.2, -0.15) is 0 Å². The molecule has 3 atom stereocenters. The highest BCUT2D eigenvalue weighted by Gasteiger charge is 2.52. The van der Waals surface area contributed by atoms with E-state index in [1.165, 1.54) is 23.6 Å². The van der Waals surface area contributed by atoms with Gasteiger partial charge in [0.15, 0.2) is 5.78 Å². The van der Waals surface area contributed by atoms with E-state index in [2.05, 4.69) is 26.0 Å². The number of hydrogen-bond donors (Lipinski definition) is 0. The first-order valence-electron chi connectivity index (χ1n) is 9.55. The first-order valence-corrected chi connectivity index (χ1v) is 9.55. The second kappa shape index (κ2) is 6.26. The van der Waals surface area contributed by atoms with Crippen LogP contribution in [0.2, 0.25) is 0 Å². The van der Waals surface area contributed by atoms with Crippen molar-refractivity contribution in [2.45, 2.75) is 72.3 Å². The molecular formula is C22H30O3. The van der Waals surface area contributed by atoms with E-state index in [9.17, 15) is 9.59 Å². The summed E-state index contributed by atoms with van der Waals surface area (Å²) in [5.74, 6) is 0.951. The molecule has 0 saturated carbocycles. The Morgan fingerprint density at radius 3 is 2.68 bits per heavy atom. The van der Waals surface area contributed by atoms with Crippen LogP contribution in [0.3, 0.4) is 0 Å². The molecule has 25 heavy (non-hydrogen) atoms. The van der Waals surface area contributed by atoms with E-state index >= 15 is 0 Å². The molecule has 0 fully saturated rings. The fraction of sp³-hybridized carbons (Fsp3) is 0.636. The van der Waals surface area contributed by atoms with Crippen LogP contribution in [-0.4, -0.2) is 17.4 Å². The third-order valence-corrected chi connectivity index (χ3v) is 6.82. The Balaban J connectivity index is 2.07. The molecule has 0 unspecified atom stereocenters. The molecule has 0 spiro atoms. The van der Waals surface area contributed by atoms with Crippen molar-refractivity contribution in [3.8, 4) is 0 Å². The molecule has 0 aliphatic heterocycles. The van der Waals surface area contributed by atoms with E-state index in [0.717, 1.165) is 25.7 Å². The van der Waals surface area contributed by atoms with Gasteiger partial charge >= 0.3 is 5.97 Å². The molecule has 3 nitrogen and oxygen atoms in total. The van der Waals surface area contributed by atoms with Gasteiger partial charge in [-0.25, -0.2) is 0 Å². The summed E-state index contributed by atoms with van der Waals surface area (Å²) in [6.07, 6.45) is 11.0. The van der Waals surface area contributed by atoms with Crippen LogP contribution in [-0.2, 0) is 14.3 Å². The summed E-state index contributed by atoms with van der Waals surface area (Å²) < 4.78 is 5.75. The molecule has 3 aliphatic rings. The van der Waals surface area contributed by atoms with Crippen molar-refractivity contribution in [3.05, 3.63) is 34.9 Å². The average molecular weight is 342 g/mol. The number of fused-ring (bicyclic) bond motifs is 2. The largest absolute Gasteiger partial charge is 0.459 e. The van der Waals surface area contributed by atoms with E-state index in [1.54, 1.807) is 0 Å². The third-order valence-electron chi connectivity index (χ3n) is 6.82. The summed E-state index contributed by atoms with van der Waals surface area (Å²) >= 11 is 0. The molecule has 0 saturated heterocycles. The Hall–Kier alpha value is -1.64. The van der Waals surface area contributed by atoms with Gasteiger partial charge in [0.25, 0.3) is 0 Å². The van der Waals surface area contributed by atoms with Crippen LogP contribution in [0.1, 0.15) is 66.7 Å². The fourth-order valence-corrected chi connectivity index (χ4v) is 5.28. The number of carbonyl (C=O) groups excluding carboxylic acids is 2. The van der Waals surface area contributed by atoms with Crippen LogP contribution < -0.4 is 0 Å². The van der Waals surface area contributed by atoms with Gasteiger partial charge in [0.05, 0.1) is 0 Å². The minimum atomic E-state index is -0.551. The Morgan fingerprint density at radius 2 is 2.04 bits per heavy atom. The Labute approximate surface area is 151 Å². The Morgan fingerprint density at radius 1 is 1.32 bits per heavy atom. The molecule has 0 bridgehead atoms. The normalized spacial score (nSPS) is 32.0. The summed E-state index contributed by atoms with van der Waals surface area (Å²) in [5.41, 5.74) is 3.33. The van der Waals surface area contributed by atoms with Gasteiger partial charge in [-0.1, -0.05) is 32.4 Å². The molecule has 0 amide bonds. The van der Waals surface area contributed by atoms with Crippen LogP contribution in [0.5, 0.6) is 0 Å². The molecule has 3 heteroatoms. The number of ketones is 1. The maximum atomic E-state index is 11.8. The monoisotopic (exact) mass is 342 g/mol. The molecule has 136 valence electrons. The third kappa shape index (κ3) is 2.92. The number of rotatable bonds is 3. The lowest BCUT2D eigenvalue weighted by Gasteiger charge is -2.53. The van der Waals surface area contributed by atoms with Gasteiger partial charge in [0.1, 0.15) is 5.60 Å². The molecule has 0 heterocycles. The van der Waals surface area contributed by atoms with Crippen molar-refractivity contribution in [1.29, 1.82) is 0 Å². The van der Waals surface area contributed by atoms with E-state index in [0.29, 0.717) is 18.3 Å². The average Bonchev–Trinajstić information content (AvgIpc) is 2.52. The summed E-state index contributed by atoms with van der Waals surface area (Å²) in [5, 5.41) is 0. The SMILES string of the molecule is CC[C@H]1[C@@H]2CCC3=CC(=O)CCC3=C2C=C[C@]1(C)C(C)(C)OC(C)=O. The second-order valence-corrected chi connectivity index (χ2v) is 8.45. The van der Waals surface area contributed by atoms with Gasteiger partial charge in [0, 0.05) is 18.8 Å². The fourth-order valence-electron chi connectivity index (χ4n) is 5.28. The molecule has 3 aliphatic carbocycles. The zero-order valence-corrected chi connectivity index (χ0v) is 16.1. The topological polar surface area (TPSA) is 43.4 Å². The minimum absolute atomic E-state index is 0.201. The molecule has 0 aromatic rings. The minimum Gasteiger partial charge on any atom is -0.459 e. The highest BCUT2D eigenvalue weighted by atomic mass is 16.6. The zero-order chi connectivity index (χ0) is 18.4. The van der Waals surface area contributed by atoms with Crippen LogP contribution in [0.25, 0.3) is 0 Å². The molecule has 0 aromatic heterocycles. The second-order valence-electron chi connectivity index (χ2n) is 8.45. The smallest absolute Gasteiger partial charge is 0.303 e. The van der Waals surface area contributed by atoms with Crippen molar-refractivity contribution in [2.75, 3.05) is 0 Å². The first-order chi connectivity index (χ1) is 11.7. The van der Waals surface area contributed by atoms with Crippen molar-refractivity contribution in [2.24, 2.45) is 17.3 Å². The van der Waals surface area contributed by atoms with Crippen molar-refractivity contribution >= 4 is 11.8 Å². The summed E-state index contributed by atoms with van der Waals surface area (Å²) in [7, 11) is 0. The number of hydrogen-bond acceptors (Lipinski definition) is 3. The lowest BCUT2D eigenvalue weighted by Crippen LogP contribution is -2.52. The standard InChI is InChI=1S/C22H30O3/c1-6-20-19-9-7-15-13-16(24)8-10-17(15)18(19)11-12-22(20,5)21(3,4)25-14(2)23/h11-13,19-20H,6-10H2,1-5H3/t19-,20+,22+/m1/s1. The lowest BCUT2D eigenvalue weighted by atomic mass is 9.54. The van der Waals surface area contributed by atoms with Crippen molar-refractivity contribution in [3.63, 3.8) is 0 Å². The van der Waals surface area contributed by atoms with Gasteiger partial charge in [0.2, 0.25) is 0 Å². The molecule has 0 aromatic carbocycles. The highest BCUT2D eigenvalue weighted by Crippen LogP contribution is 2.56. The first kappa shape index (κ1) is 18.2. The van der Waals surface area contributed by atoms with Gasteiger partial charge in [-0.3, -0.25) is 9.59 Å². The summed E-state index contributed by atoms with van der Waals surface area (Å²) in [6, 6.07) is 0. The molecule has 0 radical (unpaired) electrons. The molecular weight excluding hydrogens is 312 g/mol. The Bertz CT molecular complexity index is 692. The lowest BCUT2D eigenvalue weighted by molar-refractivity contribution is -0.169. The number of ether oxygens (including phenoxy) is 1. The predicted molar refractivity (Wildman–Crippen MR) is 98.9 cm³/mol. The number of carbonyl (C=O) groups is 2. The van der Waals surface area contributed by atoms with Crippen LogP contribution in [0.15, 0.2) is 34.9 Å². The van der Waals surface area contributed by atoms with Crippen LogP contribution in [0, 0.1) is 17.3 Å². The van der Waals surface area contributed by atoms with Crippen molar-refractivity contribution < 1.29 is 14.3 Å². The maximum Gasteiger partial charge on any atom is 0.303 e. The zero-order valence-electron chi connectivity index (χ0n) is 16.1. The van der Waals surface area contributed by atoms with Crippen LogP contribution in [0.4, 0.5) is 0 Å². The quantitative estimate of drug-likeness (QED) is 0.683. The highest BCUT2D eigenvalue weighted by molar-refractivity contribution is 5.93. The number of esters is 1. The maximum absolute atomic E-state index is 11.8. The predicted octanol–water partition coefficient (Wildman–Crippen LogP) is 4.93. The van der Waals surface area contributed by atoms with E-state index in [4.69, 9.17) is 4.74 Å². The molecule has 3 rings (SSSR count). The van der Waals surface area contributed by atoms with Gasteiger partial charge in [-0.15, -0.1) is 0 Å². The molecule has 0 N–H and O–H groups in total. The van der Waals surface area contributed by atoms with E-state index in [1.807, 2.05) is 19.9 Å². The summed E-state index contributed by atoms with van der Waals surface area (Å²) in [4.78, 5) is 23.4. The van der Waals surface area contributed by atoms with Crippen molar-refractivity contribution in [1.82, 2.24) is 0 Å². The van der Waals surface area contributed by atoms with Gasteiger partial charge < -0.3 is 4.74 Å². The van der Waals surface area contributed by atoms with E-state index < -0.39 is 5.60 Å². The summed E-state index contributed by atoms with van der Waals surface area (Å²) in [6.45, 7) is 10.0. The Kier molecular flexibility index (Phi) is 4.55. The van der Waals surface area contributed by atoms with Gasteiger partial charge in [-0.05, 0) is 67.7 Å². The van der Waals surface area contributed by atoms with Crippen LogP contribution >= 0.6 is 0 Å². The van der Waals surface area contributed by atoms with E-state index in [-0.39, 0.29) is 17.2 Å².